The van der Waals surface area contributed by atoms with Crippen molar-refractivity contribution in [3.63, 3.8) is 0 Å². The lowest BCUT2D eigenvalue weighted by Gasteiger charge is -2.11. The van der Waals surface area contributed by atoms with E-state index in [1.807, 2.05) is 36.4 Å². The van der Waals surface area contributed by atoms with E-state index in [1.54, 1.807) is 18.2 Å². The van der Waals surface area contributed by atoms with Crippen molar-refractivity contribution in [1.29, 1.82) is 0 Å². The largest absolute Gasteiger partial charge is 0.487 e. The Morgan fingerprint density at radius 3 is 2.30 bits per heavy atom. The zero-order chi connectivity index (χ0) is 23.5. The van der Waals surface area contributed by atoms with Crippen LogP contribution in [-0.2, 0) is 16.1 Å². The number of nitrogens with zero attached hydrogens (tertiary/aromatic N) is 2. The van der Waals surface area contributed by atoms with Crippen LogP contribution in [0.4, 0.5) is 5.69 Å². The first-order chi connectivity index (χ1) is 15.8. The van der Waals surface area contributed by atoms with Crippen molar-refractivity contribution in [2.45, 2.75) is 6.61 Å². The van der Waals surface area contributed by atoms with Crippen LogP contribution in [0.1, 0.15) is 16.7 Å². The van der Waals surface area contributed by atoms with Gasteiger partial charge in [0.25, 0.3) is 5.69 Å². The highest BCUT2D eigenvalue weighted by molar-refractivity contribution is 14.1. The van der Waals surface area contributed by atoms with Crippen molar-refractivity contribution < 1.29 is 19.2 Å². The molecule has 0 aliphatic carbocycles. The Morgan fingerprint density at radius 2 is 1.70 bits per heavy atom. The third-order valence-corrected chi connectivity index (χ3v) is 6.70. The van der Waals surface area contributed by atoms with Gasteiger partial charge >= 0.3 is 5.97 Å². The molecule has 166 valence electrons. The zero-order valence-electron chi connectivity index (χ0n) is 16.6. The van der Waals surface area contributed by atoms with E-state index in [-0.39, 0.29) is 23.9 Å². The van der Waals surface area contributed by atoms with E-state index in [9.17, 15) is 14.9 Å². The van der Waals surface area contributed by atoms with Crippen LogP contribution in [-0.4, -0.2) is 16.8 Å². The molecule has 10 heteroatoms. The van der Waals surface area contributed by atoms with Gasteiger partial charge in [-0.3, -0.25) is 10.1 Å². The van der Waals surface area contributed by atoms with Gasteiger partial charge in [-0.25, -0.2) is 9.79 Å². The van der Waals surface area contributed by atoms with Gasteiger partial charge in [0, 0.05) is 22.2 Å². The molecule has 0 spiro atoms. The van der Waals surface area contributed by atoms with Crippen molar-refractivity contribution in [3.05, 3.63) is 105 Å². The fourth-order valence-electron chi connectivity index (χ4n) is 2.95. The highest BCUT2D eigenvalue weighted by Crippen LogP contribution is 2.31. The van der Waals surface area contributed by atoms with E-state index in [0.717, 1.165) is 22.7 Å². The maximum atomic E-state index is 12.3. The molecular weight excluding hydrogens is 718 g/mol. The number of hydrogen-bond donors (Lipinski definition) is 0. The molecule has 0 bridgehead atoms. The molecule has 4 rings (SSSR count). The molecule has 0 saturated carbocycles. The number of hydrogen-bond acceptors (Lipinski definition) is 6. The Hall–Kier alpha value is -2.32. The van der Waals surface area contributed by atoms with Crippen LogP contribution in [0, 0.1) is 17.3 Å². The molecule has 1 heterocycles. The number of halogens is 3. The molecule has 0 aromatic heterocycles. The molecule has 3 aromatic carbocycles. The number of carbonyl (C=O) groups excluding carboxylic acids is 1. The third-order valence-electron chi connectivity index (χ3n) is 4.57. The normalized spacial score (nSPS) is 14.2. The maximum Gasteiger partial charge on any atom is 0.363 e. The van der Waals surface area contributed by atoms with Crippen LogP contribution in [0.15, 0.2) is 75.8 Å². The highest BCUT2D eigenvalue weighted by atomic mass is 127. The summed E-state index contributed by atoms with van der Waals surface area (Å²) >= 11 is 7.72. The van der Waals surface area contributed by atoms with Gasteiger partial charge in [0.1, 0.15) is 12.4 Å². The summed E-state index contributed by atoms with van der Waals surface area (Å²) in [5.41, 5.74) is 2.59. The average Bonchev–Trinajstić information content (AvgIpc) is 3.14. The Morgan fingerprint density at radius 1 is 1.06 bits per heavy atom. The number of rotatable bonds is 6. The average molecular weight is 731 g/mol. The Bertz CT molecular complexity index is 1280. The monoisotopic (exact) mass is 730 g/mol. The minimum atomic E-state index is -0.503. The number of carbonyl (C=O) groups is 1. The lowest BCUT2D eigenvalue weighted by molar-refractivity contribution is -0.384. The molecule has 0 N–H and O–H groups in total. The van der Waals surface area contributed by atoms with Gasteiger partial charge < -0.3 is 9.47 Å². The van der Waals surface area contributed by atoms with Crippen molar-refractivity contribution in [3.8, 4) is 5.75 Å². The summed E-state index contributed by atoms with van der Waals surface area (Å²) in [6, 6.07) is 17.4. The number of nitro benzene ring substituents is 1. The summed E-state index contributed by atoms with van der Waals surface area (Å²) in [4.78, 5) is 27.0. The molecule has 0 saturated heterocycles. The van der Waals surface area contributed by atoms with Crippen molar-refractivity contribution >= 4 is 84.7 Å². The Kier molecular flexibility index (Phi) is 7.44. The molecule has 0 radical (unpaired) electrons. The summed E-state index contributed by atoms with van der Waals surface area (Å²) in [5.74, 6) is 0.465. The van der Waals surface area contributed by atoms with Gasteiger partial charge in [0.05, 0.1) is 12.1 Å². The molecular formula is C23H13BrI2N2O5. The van der Waals surface area contributed by atoms with Crippen LogP contribution < -0.4 is 4.74 Å². The predicted molar refractivity (Wildman–Crippen MR) is 144 cm³/mol. The van der Waals surface area contributed by atoms with E-state index in [4.69, 9.17) is 9.47 Å². The topological polar surface area (TPSA) is 91.0 Å². The fourth-order valence-corrected chi connectivity index (χ4v) is 5.35. The van der Waals surface area contributed by atoms with Crippen molar-refractivity contribution in [2.24, 2.45) is 4.99 Å². The first-order valence-electron chi connectivity index (χ1n) is 9.44. The molecule has 0 amide bonds. The molecule has 3 aromatic rings. The minimum absolute atomic E-state index is 0.0386. The highest BCUT2D eigenvalue weighted by Gasteiger charge is 2.24. The van der Waals surface area contributed by atoms with Crippen LogP contribution in [0.2, 0.25) is 0 Å². The Labute approximate surface area is 224 Å². The summed E-state index contributed by atoms with van der Waals surface area (Å²) in [6.45, 7) is 0.275. The lowest BCUT2D eigenvalue weighted by Crippen LogP contribution is -2.05. The van der Waals surface area contributed by atoms with Crippen molar-refractivity contribution in [1.82, 2.24) is 0 Å². The van der Waals surface area contributed by atoms with E-state index in [1.165, 1.54) is 12.1 Å². The second-order valence-corrected chi connectivity index (χ2v) is 10.1. The predicted octanol–water partition coefficient (Wildman–Crippen LogP) is 6.49. The first kappa shape index (κ1) is 23.8. The third kappa shape index (κ3) is 5.79. The SMILES string of the molecule is O=C1OC(c2ccc(Br)cc2)=N/C1=C\c1cc(I)c(OCc2ccc([N+](=O)[O-])cc2)c(I)c1. The van der Waals surface area contributed by atoms with Gasteiger partial charge in [0.15, 0.2) is 5.70 Å². The van der Waals surface area contributed by atoms with Crippen molar-refractivity contribution in [2.75, 3.05) is 0 Å². The number of benzene rings is 3. The number of cyclic esters (lactones) is 1. The molecule has 1 aliphatic heterocycles. The number of aliphatic imine (C=N–C) groups is 1. The van der Waals surface area contributed by atoms with Crippen LogP contribution in [0.25, 0.3) is 6.08 Å². The van der Waals surface area contributed by atoms with Crippen LogP contribution in [0.5, 0.6) is 5.75 Å². The van der Waals surface area contributed by atoms with E-state index < -0.39 is 10.9 Å². The number of non-ortho nitro benzene ring substituents is 1. The van der Waals surface area contributed by atoms with Gasteiger partial charge in [-0.2, -0.15) is 0 Å². The van der Waals surface area contributed by atoms with E-state index >= 15 is 0 Å². The molecule has 0 unspecified atom stereocenters. The summed E-state index contributed by atoms with van der Waals surface area (Å²) in [6.07, 6.45) is 1.68. The van der Waals surface area contributed by atoms with E-state index in [0.29, 0.717) is 11.3 Å². The smallest absolute Gasteiger partial charge is 0.363 e. The van der Waals surface area contributed by atoms with Gasteiger partial charge in [0.2, 0.25) is 5.90 Å². The molecule has 33 heavy (non-hydrogen) atoms. The zero-order valence-corrected chi connectivity index (χ0v) is 22.5. The second kappa shape index (κ2) is 10.3. The van der Waals surface area contributed by atoms with Crippen LogP contribution >= 0.6 is 61.1 Å². The summed E-state index contributed by atoms with van der Waals surface area (Å²) in [5, 5.41) is 10.8. The minimum Gasteiger partial charge on any atom is -0.487 e. The quantitative estimate of drug-likeness (QED) is 0.0952. The summed E-state index contributed by atoms with van der Waals surface area (Å²) in [7, 11) is 0. The second-order valence-electron chi connectivity index (χ2n) is 6.87. The maximum absolute atomic E-state index is 12.3. The Balaban J connectivity index is 1.51. The molecule has 0 atom stereocenters. The van der Waals surface area contributed by atoms with Gasteiger partial charge in [-0.1, -0.05) is 15.9 Å². The first-order valence-corrected chi connectivity index (χ1v) is 12.4. The number of esters is 1. The summed E-state index contributed by atoms with van der Waals surface area (Å²) < 4.78 is 13.9. The number of nitro groups is 1. The fraction of sp³-hybridized carbons (Fsp3) is 0.0435. The molecule has 7 nitrogen and oxygen atoms in total. The molecule has 1 aliphatic rings. The molecule has 0 fully saturated rings. The van der Waals surface area contributed by atoms with Gasteiger partial charge in [-0.15, -0.1) is 0 Å². The van der Waals surface area contributed by atoms with E-state index in [2.05, 4.69) is 66.1 Å². The van der Waals surface area contributed by atoms with Gasteiger partial charge in [-0.05, 0) is 111 Å². The number of ether oxygens (including phenoxy) is 2. The lowest BCUT2D eigenvalue weighted by atomic mass is 10.2. The standard InChI is InChI=1S/C23H13BrI2N2O5/c24-16-5-3-15(4-6-16)22-27-20(23(29)33-22)11-14-9-18(25)21(19(26)10-14)32-12-13-1-7-17(8-2-13)28(30)31/h1-11H,12H2/b20-11-. The van der Waals surface area contributed by atoms with Crippen LogP contribution in [0.3, 0.4) is 0 Å².